The van der Waals surface area contributed by atoms with Crippen molar-refractivity contribution >= 4 is 10.0 Å². The summed E-state index contributed by atoms with van der Waals surface area (Å²) in [4.78, 5) is 3.93. The second-order valence-electron chi connectivity index (χ2n) is 5.15. The number of aromatic nitrogens is 1. The summed E-state index contributed by atoms with van der Waals surface area (Å²) in [5.74, 6) is 0. The van der Waals surface area contributed by atoms with Crippen LogP contribution in [0.25, 0.3) is 0 Å². The van der Waals surface area contributed by atoms with E-state index >= 15 is 0 Å². The van der Waals surface area contributed by atoms with E-state index in [1.807, 2.05) is 0 Å². The second kappa shape index (κ2) is 5.98. The molecular weight excluding hydrogens is 264 g/mol. The predicted molar refractivity (Wildman–Crippen MR) is 72.1 cm³/mol. The molecule has 0 spiro atoms. The third-order valence-electron chi connectivity index (χ3n) is 3.57. The van der Waals surface area contributed by atoms with Gasteiger partial charge in [0, 0.05) is 18.9 Å². The molecule has 5 nitrogen and oxygen atoms in total. The quantitative estimate of drug-likeness (QED) is 0.820. The first-order chi connectivity index (χ1) is 9.02. The number of nitrogens with zero attached hydrogens (tertiary/aromatic N) is 1. The van der Waals surface area contributed by atoms with Crippen molar-refractivity contribution in [2.24, 2.45) is 0 Å². The standard InChI is InChI=1S/C13H20N2O3S/c16-13(7-3-1-2-4-8-13)11-15-19(17,18)12-6-5-9-14-10-12/h5-6,9-10,15-16H,1-4,7-8,11H2. The van der Waals surface area contributed by atoms with Crippen LogP contribution in [0.3, 0.4) is 0 Å². The van der Waals surface area contributed by atoms with E-state index in [-0.39, 0.29) is 11.4 Å². The maximum atomic E-state index is 12.0. The summed E-state index contributed by atoms with van der Waals surface area (Å²) >= 11 is 0. The zero-order valence-electron chi connectivity index (χ0n) is 10.9. The van der Waals surface area contributed by atoms with Crippen LogP contribution in [0.4, 0.5) is 0 Å². The van der Waals surface area contributed by atoms with Crippen LogP contribution in [0.15, 0.2) is 29.4 Å². The third-order valence-corrected chi connectivity index (χ3v) is 4.96. The van der Waals surface area contributed by atoms with Crippen molar-refractivity contribution in [2.45, 2.75) is 49.0 Å². The fourth-order valence-corrected chi connectivity index (χ4v) is 3.46. The first-order valence-corrected chi connectivity index (χ1v) is 8.12. The Kier molecular flexibility index (Phi) is 4.54. The third kappa shape index (κ3) is 3.99. The lowest BCUT2D eigenvalue weighted by atomic mass is 9.95. The van der Waals surface area contributed by atoms with Gasteiger partial charge in [0.2, 0.25) is 10.0 Å². The maximum Gasteiger partial charge on any atom is 0.242 e. The summed E-state index contributed by atoms with van der Waals surface area (Å²) in [5, 5.41) is 10.4. The topological polar surface area (TPSA) is 79.3 Å². The Morgan fingerprint density at radius 3 is 2.53 bits per heavy atom. The highest BCUT2D eigenvalue weighted by Crippen LogP contribution is 2.26. The minimum absolute atomic E-state index is 0.0736. The summed E-state index contributed by atoms with van der Waals surface area (Å²) in [7, 11) is -3.58. The Balaban J connectivity index is 2.01. The number of sulfonamides is 1. The van der Waals surface area contributed by atoms with Crippen molar-refractivity contribution in [1.29, 1.82) is 0 Å². The summed E-state index contributed by atoms with van der Waals surface area (Å²) in [6.45, 7) is 0.0736. The maximum absolute atomic E-state index is 12.0. The van der Waals surface area contributed by atoms with Crippen LogP contribution in [-0.4, -0.2) is 30.7 Å². The lowest BCUT2D eigenvalue weighted by molar-refractivity contribution is 0.0303. The number of hydrogen-bond acceptors (Lipinski definition) is 4. The number of hydrogen-bond donors (Lipinski definition) is 2. The van der Waals surface area contributed by atoms with Crippen molar-refractivity contribution in [3.63, 3.8) is 0 Å². The van der Waals surface area contributed by atoms with E-state index < -0.39 is 15.6 Å². The van der Waals surface area contributed by atoms with Gasteiger partial charge < -0.3 is 5.11 Å². The van der Waals surface area contributed by atoms with E-state index in [0.29, 0.717) is 12.8 Å². The monoisotopic (exact) mass is 284 g/mol. The molecule has 0 aromatic carbocycles. The summed E-state index contributed by atoms with van der Waals surface area (Å²) in [5.41, 5.74) is -0.911. The van der Waals surface area contributed by atoms with E-state index in [1.165, 1.54) is 18.5 Å². The summed E-state index contributed by atoms with van der Waals surface area (Å²) in [6.07, 6.45) is 8.26. The van der Waals surface area contributed by atoms with Crippen LogP contribution in [0, 0.1) is 0 Å². The Hall–Kier alpha value is -0.980. The van der Waals surface area contributed by atoms with E-state index in [9.17, 15) is 13.5 Å². The molecule has 0 atom stereocenters. The number of rotatable bonds is 4. The van der Waals surface area contributed by atoms with Gasteiger partial charge in [-0.05, 0) is 25.0 Å². The Morgan fingerprint density at radius 1 is 1.26 bits per heavy atom. The first kappa shape index (κ1) is 14.4. The Bertz CT molecular complexity index is 494. The van der Waals surface area contributed by atoms with E-state index in [0.717, 1.165) is 25.7 Å². The predicted octanol–water partition coefficient (Wildman–Crippen LogP) is 1.45. The smallest absolute Gasteiger partial charge is 0.242 e. The molecule has 1 fully saturated rings. The summed E-state index contributed by atoms with van der Waals surface area (Å²) < 4.78 is 26.6. The van der Waals surface area contributed by atoms with Gasteiger partial charge in [0.05, 0.1) is 5.60 Å². The molecule has 19 heavy (non-hydrogen) atoms. The van der Waals surface area contributed by atoms with Gasteiger partial charge in [0.15, 0.2) is 0 Å². The molecule has 2 rings (SSSR count). The minimum Gasteiger partial charge on any atom is -0.389 e. The fraction of sp³-hybridized carbons (Fsp3) is 0.615. The molecule has 1 saturated carbocycles. The molecule has 0 aliphatic heterocycles. The SMILES string of the molecule is O=S(=O)(NCC1(O)CCCCCC1)c1cccnc1. The number of aliphatic hydroxyl groups is 1. The van der Waals surface area contributed by atoms with Crippen molar-refractivity contribution in [3.05, 3.63) is 24.5 Å². The van der Waals surface area contributed by atoms with Crippen molar-refractivity contribution in [3.8, 4) is 0 Å². The number of nitrogens with one attached hydrogen (secondary N) is 1. The van der Waals surface area contributed by atoms with Crippen molar-refractivity contribution in [2.75, 3.05) is 6.54 Å². The van der Waals surface area contributed by atoms with Gasteiger partial charge >= 0.3 is 0 Å². The molecule has 0 amide bonds. The van der Waals surface area contributed by atoms with Crippen LogP contribution >= 0.6 is 0 Å². The van der Waals surface area contributed by atoms with Crippen LogP contribution in [-0.2, 0) is 10.0 Å². The molecule has 2 N–H and O–H groups in total. The zero-order valence-corrected chi connectivity index (χ0v) is 11.7. The van der Waals surface area contributed by atoms with Crippen LogP contribution in [0.5, 0.6) is 0 Å². The van der Waals surface area contributed by atoms with Gasteiger partial charge in [-0.1, -0.05) is 25.7 Å². The molecule has 1 aromatic heterocycles. The van der Waals surface area contributed by atoms with Gasteiger partial charge in [0.1, 0.15) is 4.90 Å². The molecule has 1 heterocycles. The first-order valence-electron chi connectivity index (χ1n) is 6.64. The molecule has 1 aliphatic carbocycles. The van der Waals surface area contributed by atoms with Crippen LogP contribution in [0.1, 0.15) is 38.5 Å². The highest BCUT2D eigenvalue weighted by Gasteiger charge is 2.29. The molecule has 0 radical (unpaired) electrons. The molecule has 106 valence electrons. The van der Waals surface area contributed by atoms with Crippen molar-refractivity contribution in [1.82, 2.24) is 9.71 Å². The molecule has 0 bridgehead atoms. The van der Waals surface area contributed by atoms with Gasteiger partial charge in [-0.25, -0.2) is 13.1 Å². The minimum atomic E-state index is -3.58. The lowest BCUT2D eigenvalue weighted by Crippen LogP contribution is -2.42. The Labute approximate surface area is 114 Å². The molecule has 1 aromatic rings. The fourth-order valence-electron chi connectivity index (χ4n) is 2.38. The van der Waals surface area contributed by atoms with Gasteiger partial charge in [-0.15, -0.1) is 0 Å². The van der Waals surface area contributed by atoms with Gasteiger partial charge in [-0.2, -0.15) is 0 Å². The van der Waals surface area contributed by atoms with Crippen LogP contribution in [0.2, 0.25) is 0 Å². The molecule has 0 unspecified atom stereocenters. The average Bonchev–Trinajstić information content (AvgIpc) is 2.63. The summed E-state index contributed by atoms with van der Waals surface area (Å²) in [6, 6.07) is 3.07. The lowest BCUT2D eigenvalue weighted by Gasteiger charge is -2.26. The molecule has 0 saturated heterocycles. The molecule has 6 heteroatoms. The highest BCUT2D eigenvalue weighted by atomic mass is 32.2. The second-order valence-corrected chi connectivity index (χ2v) is 6.92. The highest BCUT2D eigenvalue weighted by molar-refractivity contribution is 7.89. The normalized spacial score (nSPS) is 19.8. The molecule has 1 aliphatic rings. The van der Waals surface area contributed by atoms with Gasteiger partial charge in [0.25, 0.3) is 0 Å². The van der Waals surface area contributed by atoms with E-state index in [4.69, 9.17) is 0 Å². The van der Waals surface area contributed by atoms with Gasteiger partial charge in [-0.3, -0.25) is 4.98 Å². The molecular formula is C13H20N2O3S. The van der Waals surface area contributed by atoms with E-state index in [2.05, 4.69) is 9.71 Å². The Morgan fingerprint density at radius 2 is 1.95 bits per heavy atom. The van der Waals surface area contributed by atoms with Crippen molar-refractivity contribution < 1.29 is 13.5 Å². The van der Waals surface area contributed by atoms with Crippen LogP contribution < -0.4 is 4.72 Å². The zero-order chi connectivity index (χ0) is 13.8. The van der Waals surface area contributed by atoms with E-state index in [1.54, 1.807) is 6.07 Å². The average molecular weight is 284 g/mol. The largest absolute Gasteiger partial charge is 0.389 e. The number of pyridine rings is 1.